The average molecular weight is 230 g/mol. The Morgan fingerprint density at radius 1 is 1.44 bits per heavy atom. The molecule has 0 aromatic heterocycles. The molecule has 1 heterocycles. The van der Waals surface area contributed by atoms with Crippen LogP contribution in [0.15, 0.2) is 0 Å². The molecule has 1 aliphatic rings. The Labute approximate surface area is 96.9 Å². The summed E-state index contributed by atoms with van der Waals surface area (Å²) in [4.78, 5) is 13.3. The molecule has 1 fully saturated rings. The van der Waals surface area contributed by atoms with Crippen molar-refractivity contribution in [2.45, 2.75) is 38.9 Å². The molecule has 0 aliphatic carbocycles. The first-order chi connectivity index (χ1) is 7.63. The standard InChI is InChI=1S/C11H22N2O3/c1-9(2)16-11(14)13-6-3-10(4-7-13)15-8-5-12/h9-10H,3-8,12H2,1-2H3. The Morgan fingerprint density at radius 2 is 2.06 bits per heavy atom. The number of amides is 1. The van der Waals surface area contributed by atoms with Gasteiger partial charge in [0.1, 0.15) is 0 Å². The third-order valence-corrected chi connectivity index (χ3v) is 2.51. The summed E-state index contributed by atoms with van der Waals surface area (Å²) in [6, 6.07) is 0. The van der Waals surface area contributed by atoms with Crippen LogP contribution in [0.3, 0.4) is 0 Å². The lowest BCUT2D eigenvalue weighted by molar-refractivity contribution is 0.00533. The van der Waals surface area contributed by atoms with Crippen LogP contribution in [0.4, 0.5) is 4.79 Å². The SMILES string of the molecule is CC(C)OC(=O)N1CCC(OCCN)CC1. The Balaban J connectivity index is 2.23. The number of likely N-dealkylation sites (tertiary alicyclic amines) is 1. The van der Waals surface area contributed by atoms with Gasteiger partial charge in [-0.25, -0.2) is 4.79 Å². The van der Waals surface area contributed by atoms with Crippen molar-refractivity contribution in [1.29, 1.82) is 0 Å². The Morgan fingerprint density at radius 3 is 2.56 bits per heavy atom. The van der Waals surface area contributed by atoms with Crippen molar-refractivity contribution in [3.8, 4) is 0 Å². The molecule has 0 atom stereocenters. The Bertz CT molecular complexity index is 213. The smallest absolute Gasteiger partial charge is 0.410 e. The predicted octanol–water partition coefficient (Wildman–Crippen LogP) is 0.971. The van der Waals surface area contributed by atoms with Gasteiger partial charge in [-0.2, -0.15) is 0 Å². The molecule has 5 heteroatoms. The molecular weight excluding hydrogens is 208 g/mol. The van der Waals surface area contributed by atoms with Crippen LogP contribution in [0.1, 0.15) is 26.7 Å². The number of nitrogens with two attached hydrogens (primary N) is 1. The molecule has 1 amide bonds. The van der Waals surface area contributed by atoms with E-state index >= 15 is 0 Å². The van der Waals surface area contributed by atoms with E-state index < -0.39 is 0 Å². The number of carbonyl (C=O) groups excluding carboxylic acids is 1. The molecule has 0 spiro atoms. The highest BCUT2D eigenvalue weighted by molar-refractivity contribution is 5.67. The lowest BCUT2D eigenvalue weighted by atomic mass is 10.1. The quantitative estimate of drug-likeness (QED) is 0.781. The molecule has 0 unspecified atom stereocenters. The van der Waals surface area contributed by atoms with Crippen molar-refractivity contribution < 1.29 is 14.3 Å². The average Bonchev–Trinajstić information content (AvgIpc) is 2.26. The molecule has 5 nitrogen and oxygen atoms in total. The number of ether oxygens (including phenoxy) is 2. The van der Waals surface area contributed by atoms with Crippen molar-refractivity contribution in [3.63, 3.8) is 0 Å². The van der Waals surface area contributed by atoms with Gasteiger partial charge >= 0.3 is 6.09 Å². The van der Waals surface area contributed by atoms with E-state index in [1.54, 1.807) is 4.90 Å². The van der Waals surface area contributed by atoms with Gasteiger partial charge in [-0.1, -0.05) is 0 Å². The molecule has 0 saturated carbocycles. The molecule has 16 heavy (non-hydrogen) atoms. The molecule has 0 aromatic carbocycles. The molecule has 0 aromatic rings. The molecule has 1 aliphatic heterocycles. The lowest BCUT2D eigenvalue weighted by Gasteiger charge is -2.31. The summed E-state index contributed by atoms with van der Waals surface area (Å²) < 4.78 is 10.7. The summed E-state index contributed by atoms with van der Waals surface area (Å²) in [7, 11) is 0. The monoisotopic (exact) mass is 230 g/mol. The summed E-state index contributed by atoms with van der Waals surface area (Å²) in [5, 5.41) is 0. The van der Waals surface area contributed by atoms with E-state index in [9.17, 15) is 4.79 Å². The number of rotatable bonds is 4. The van der Waals surface area contributed by atoms with Gasteiger partial charge in [0.2, 0.25) is 0 Å². The van der Waals surface area contributed by atoms with Crippen LogP contribution in [0.25, 0.3) is 0 Å². The second kappa shape index (κ2) is 6.70. The fraction of sp³-hybridized carbons (Fsp3) is 0.909. The number of hydrogen-bond acceptors (Lipinski definition) is 4. The zero-order valence-electron chi connectivity index (χ0n) is 10.1. The molecule has 94 valence electrons. The minimum Gasteiger partial charge on any atom is -0.447 e. The predicted molar refractivity (Wildman–Crippen MR) is 61.2 cm³/mol. The number of carbonyl (C=O) groups is 1. The van der Waals surface area contributed by atoms with Crippen LogP contribution < -0.4 is 5.73 Å². The van der Waals surface area contributed by atoms with Crippen molar-refractivity contribution in [2.24, 2.45) is 5.73 Å². The van der Waals surface area contributed by atoms with E-state index in [1.165, 1.54) is 0 Å². The van der Waals surface area contributed by atoms with E-state index in [-0.39, 0.29) is 18.3 Å². The highest BCUT2D eigenvalue weighted by Crippen LogP contribution is 2.14. The summed E-state index contributed by atoms with van der Waals surface area (Å²) >= 11 is 0. The summed E-state index contributed by atoms with van der Waals surface area (Å²) in [5.41, 5.74) is 5.37. The van der Waals surface area contributed by atoms with Gasteiger partial charge in [0, 0.05) is 19.6 Å². The summed E-state index contributed by atoms with van der Waals surface area (Å²) in [5.74, 6) is 0. The maximum absolute atomic E-state index is 11.6. The second-order valence-electron chi connectivity index (χ2n) is 4.28. The van der Waals surface area contributed by atoms with E-state index in [0.717, 1.165) is 12.8 Å². The maximum atomic E-state index is 11.6. The zero-order valence-corrected chi connectivity index (χ0v) is 10.1. The first kappa shape index (κ1) is 13.3. The van der Waals surface area contributed by atoms with Gasteiger partial charge in [-0.05, 0) is 26.7 Å². The van der Waals surface area contributed by atoms with Gasteiger partial charge in [0.25, 0.3) is 0 Å². The second-order valence-corrected chi connectivity index (χ2v) is 4.28. The zero-order chi connectivity index (χ0) is 12.0. The highest BCUT2D eigenvalue weighted by Gasteiger charge is 2.24. The molecule has 0 bridgehead atoms. The van der Waals surface area contributed by atoms with Crippen LogP contribution in [-0.2, 0) is 9.47 Å². The van der Waals surface area contributed by atoms with Crippen LogP contribution in [0, 0.1) is 0 Å². The summed E-state index contributed by atoms with van der Waals surface area (Å²) in [6.07, 6.45) is 1.71. The first-order valence-corrected chi connectivity index (χ1v) is 5.90. The van der Waals surface area contributed by atoms with Crippen LogP contribution >= 0.6 is 0 Å². The number of hydrogen-bond donors (Lipinski definition) is 1. The third-order valence-electron chi connectivity index (χ3n) is 2.51. The Hall–Kier alpha value is -0.810. The van der Waals surface area contributed by atoms with Gasteiger partial charge in [-0.3, -0.25) is 0 Å². The van der Waals surface area contributed by atoms with E-state index in [0.29, 0.717) is 26.2 Å². The molecule has 1 saturated heterocycles. The van der Waals surface area contributed by atoms with Gasteiger partial charge in [-0.15, -0.1) is 0 Å². The molecule has 1 rings (SSSR count). The normalized spacial score (nSPS) is 17.9. The van der Waals surface area contributed by atoms with Crippen molar-refractivity contribution in [2.75, 3.05) is 26.2 Å². The van der Waals surface area contributed by atoms with Gasteiger partial charge in [0.05, 0.1) is 18.8 Å². The molecular formula is C11H22N2O3. The number of piperidine rings is 1. The van der Waals surface area contributed by atoms with Crippen molar-refractivity contribution in [3.05, 3.63) is 0 Å². The van der Waals surface area contributed by atoms with Gasteiger partial charge < -0.3 is 20.1 Å². The highest BCUT2D eigenvalue weighted by atomic mass is 16.6. The largest absolute Gasteiger partial charge is 0.447 e. The van der Waals surface area contributed by atoms with E-state index in [4.69, 9.17) is 15.2 Å². The van der Waals surface area contributed by atoms with Crippen LogP contribution in [0.5, 0.6) is 0 Å². The third kappa shape index (κ3) is 4.37. The van der Waals surface area contributed by atoms with Crippen molar-refractivity contribution in [1.82, 2.24) is 4.90 Å². The fourth-order valence-corrected chi connectivity index (χ4v) is 1.72. The number of nitrogens with zero attached hydrogens (tertiary/aromatic N) is 1. The first-order valence-electron chi connectivity index (χ1n) is 5.90. The molecule has 0 radical (unpaired) electrons. The van der Waals surface area contributed by atoms with Crippen LogP contribution in [0.2, 0.25) is 0 Å². The minimum atomic E-state index is -0.215. The lowest BCUT2D eigenvalue weighted by Crippen LogP contribution is -2.42. The fourth-order valence-electron chi connectivity index (χ4n) is 1.72. The molecule has 2 N–H and O–H groups in total. The maximum Gasteiger partial charge on any atom is 0.410 e. The topological polar surface area (TPSA) is 64.8 Å². The van der Waals surface area contributed by atoms with Crippen LogP contribution in [-0.4, -0.2) is 49.4 Å². The minimum absolute atomic E-state index is 0.0567. The van der Waals surface area contributed by atoms with E-state index in [2.05, 4.69) is 0 Å². The Kier molecular flexibility index (Phi) is 5.55. The summed E-state index contributed by atoms with van der Waals surface area (Å²) in [6.45, 7) is 6.28. The van der Waals surface area contributed by atoms with Crippen molar-refractivity contribution >= 4 is 6.09 Å². The van der Waals surface area contributed by atoms with E-state index in [1.807, 2.05) is 13.8 Å². The van der Waals surface area contributed by atoms with Gasteiger partial charge in [0.15, 0.2) is 0 Å².